The topological polar surface area (TPSA) is 69.7 Å². The third-order valence-electron chi connectivity index (χ3n) is 6.42. The van der Waals surface area contributed by atoms with Crippen LogP contribution in [0.5, 0.6) is 5.75 Å². The van der Waals surface area contributed by atoms with E-state index in [9.17, 15) is 41.0 Å². The maximum Gasteiger partial charge on any atom is 0.416 e. The number of hydrogen-bond acceptors (Lipinski definition) is 4. The number of amides is 1. The van der Waals surface area contributed by atoms with Gasteiger partial charge in [0.15, 0.2) is 0 Å². The number of carboxylic acid groups (broad SMARTS) is 1. The van der Waals surface area contributed by atoms with Crippen molar-refractivity contribution in [2.45, 2.75) is 44.9 Å². The SMILES string of the molecule is O=C([O-])C[C@@H]1Cc2ccc(OCc3ccc(C(F)(F)F)cc3)cc2CN(Cc2ccc(C(F)(F)F)cc2)C1=O. The summed E-state index contributed by atoms with van der Waals surface area (Å²) in [6.07, 6.45) is -9.36. The van der Waals surface area contributed by atoms with E-state index < -0.39 is 47.7 Å². The lowest BCUT2D eigenvalue weighted by atomic mass is 9.94. The zero-order valence-corrected chi connectivity index (χ0v) is 20.3. The summed E-state index contributed by atoms with van der Waals surface area (Å²) in [5, 5.41) is 11.3. The van der Waals surface area contributed by atoms with Crippen LogP contribution in [0, 0.1) is 5.92 Å². The van der Waals surface area contributed by atoms with Crippen LogP contribution in [0.15, 0.2) is 66.7 Å². The number of halogens is 6. The van der Waals surface area contributed by atoms with Crippen LogP contribution in [-0.2, 0) is 48.1 Å². The van der Waals surface area contributed by atoms with Gasteiger partial charge in [-0.05, 0) is 71.5 Å². The van der Waals surface area contributed by atoms with E-state index in [0.717, 1.165) is 24.3 Å². The molecule has 1 aliphatic rings. The van der Waals surface area contributed by atoms with Crippen LogP contribution in [0.2, 0.25) is 0 Å². The number of alkyl halides is 6. The monoisotopic (exact) mass is 550 g/mol. The highest BCUT2D eigenvalue weighted by atomic mass is 19.4. The fourth-order valence-corrected chi connectivity index (χ4v) is 4.40. The van der Waals surface area contributed by atoms with E-state index in [2.05, 4.69) is 0 Å². The Morgan fingerprint density at radius 3 is 1.95 bits per heavy atom. The fraction of sp³-hybridized carbons (Fsp3) is 0.286. The zero-order valence-electron chi connectivity index (χ0n) is 20.3. The predicted molar refractivity (Wildman–Crippen MR) is 125 cm³/mol. The molecule has 3 aromatic carbocycles. The van der Waals surface area contributed by atoms with Crippen molar-refractivity contribution in [1.29, 1.82) is 0 Å². The molecule has 11 heteroatoms. The average Bonchev–Trinajstić information content (AvgIpc) is 2.98. The van der Waals surface area contributed by atoms with Gasteiger partial charge in [0.25, 0.3) is 0 Å². The number of carboxylic acids is 1. The summed E-state index contributed by atoms with van der Waals surface area (Å²) in [5.74, 6) is -2.41. The fourth-order valence-electron chi connectivity index (χ4n) is 4.40. The van der Waals surface area contributed by atoms with Crippen molar-refractivity contribution in [2.24, 2.45) is 5.92 Å². The molecular weight excluding hydrogens is 528 g/mol. The summed E-state index contributed by atoms with van der Waals surface area (Å²) in [4.78, 5) is 25.9. The van der Waals surface area contributed by atoms with Gasteiger partial charge in [-0.15, -0.1) is 0 Å². The molecule has 0 saturated carbocycles. The molecule has 1 amide bonds. The third-order valence-corrected chi connectivity index (χ3v) is 6.42. The number of fused-ring (bicyclic) bond motifs is 1. The first kappa shape index (κ1) is 28.0. The number of aliphatic carboxylic acids is 1. The van der Waals surface area contributed by atoms with E-state index >= 15 is 0 Å². The highest BCUT2D eigenvalue weighted by molar-refractivity contribution is 5.83. The Kier molecular flexibility index (Phi) is 7.89. The molecule has 0 bridgehead atoms. The summed E-state index contributed by atoms with van der Waals surface area (Å²) in [6, 6.07) is 13.9. The smallest absolute Gasteiger partial charge is 0.416 e. The normalized spacial score (nSPS) is 16.0. The molecule has 0 unspecified atom stereocenters. The average molecular weight is 550 g/mol. The molecule has 1 aliphatic heterocycles. The minimum atomic E-state index is -4.51. The number of benzene rings is 3. The van der Waals surface area contributed by atoms with Crippen LogP contribution in [0.4, 0.5) is 26.3 Å². The Hall–Kier alpha value is -4.02. The maximum absolute atomic E-state index is 13.2. The van der Waals surface area contributed by atoms with Crippen molar-refractivity contribution in [1.82, 2.24) is 4.90 Å². The Morgan fingerprint density at radius 1 is 0.846 bits per heavy atom. The predicted octanol–water partition coefficient (Wildman–Crippen LogP) is 5.14. The van der Waals surface area contributed by atoms with E-state index in [1.54, 1.807) is 18.2 Å². The van der Waals surface area contributed by atoms with Crippen LogP contribution in [-0.4, -0.2) is 16.8 Å². The minimum Gasteiger partial charge on any atom is -0.550 e. The maximum atomic E-state index is 13.2. The number of nitrogens with zero attached hydrogens (tertiary/aromatic N) is 1. The number of rotatable bonds is 7. The van der Waals surface area contributed by atoms with Gasteiger partial charge < -0.3 is 19.5 Å². The van der Waals surface area contributed by atoms with E-state index in [1.165, 1.54) is 29.2 Å². The van der Waals surface area contributed by atoms with Gasteiger partial charge in [0.2, 0.25) is 5.91 Å². The molecule has 206 valence electrons. The first-order valence-electron chi connectivity index (χ1n) is 11.8. The lowest BCUT2D eigenvalue weighted by Crippen LogP contribution is -2.37. The van der Waals surface area contributed by atoms with Gasteiger partial charge in [-0.25, -0.2) is 0 Å². The molecule has 0 spiro atoms. The molecule has 4 rings (SSSR count). The zero-order chi connectivity index (χ0) is 28.4. The Bertz CT molecular complexity index is 1330. The molecule has 5 nitrogen and oxygen atoms in total. The molecular formula is C28H22F6NO4-. The molecule has 39 heavy (non-hydrogen) atoms. The van der Waals surface area contributed by atoms with Crippen LogP contribution in [0.1, 0.15) is 39.8 Å². The molecule has 3 aromatic rings. The van der Waals surface area contributed by atoms with Crippen LogP contribution in [0.3, 0.4) is 0 Å². The second-order valence-electron chi connectivity index (χ2n) is 9.28. The van der Waals surface area contributed by atoms with Crippen molar-refractivity contribution >= 4 is 11.9 Å². The van der Waals surface area contributed by atoms with Crippen molar-refractivity contribution < 1.29 is 45.8 Å². The molecule has 0 radical (unpaired) electrons. The molecule has 0 N–H and O–H groups in total. The van der Waals surface area contributed by atoms with Gasteiger partial charge in [0.1, 0.15) is 12.4 Å². The van der Waals surface area contributed by atoms with Crippen molar-refractivity contribution in [2.75, 3.05) is 0 Å². The third kappa shape index (κ3) is 7.10. The van der Waals surface area contributed by atoms with Gasteiger partial charge in [-0.1, -0.05) is 30.3 Å². The summed E-state index contributed by atoms with van der Waals surface area (Å²) < 4.78 is 82.9. The largest absolute Gasteiger partial charge is 0.550 e. The molecule has 0 aliphatic carbocycles. The quantitative estimate of drug-likeness (QED) is 0.382. The van der Waals surface area contributed by atoms with E-state index in [-0.39, 0.29) is 26.1 Å². The number of carbonyl (C=O) groups excluding carboxylic acids is 2. The second kappa shape index (κ2) is 11.0. The van der Waals surface area contributed by atoms with Crippen molar-refractivity contribution in [3.8, 4) is 5.75 Å². The molecule has 0 fully saturated rings. The molecule has 1 heterocycles. The van der Waals surface area contributed by atoms with Gasteiger partial charge in [0, 0.05) is 25.0 Å². The van der Waals surface area contributed by atoms with Gasteiger partial charge in [-0.3, -0.25) is 4.79 Å². The highest BCUT2D eigenvalue weighted by Gasteiger charge is 2.32. The number of hydrogen-bond donors (Lipinski definition) is 0. The lowest BCUT2D eigenvalue weighted by molar-refractivity contribution is -0.306. The van der Waals surface area contributed by atoms with Gasteiger partial charge >= 0.3 is 12.4 Å². The van der Waals surface area contributed by atoms with E-state index in [0.29, 0.717) is 28.0 Å². The van der Waals surface area contributed by atoms with Gasteiger partial charge in [0.05, 0.1) is 11.1 Å². The molecule has 1 atom stereocenters. The van der Waals surface area contributed by atoms with Crippen LogP contribution < -0.4 is 9.84 Å². The number of ether oxygens (including phenoxy) is 1. The Labute approximate surface area is 219 Å². The van der Waals surface area contributed by atoms with E-state index in [1.807, 2.05) is 0 Å². The lowest BCUT2D eigenvalue weighted by Gasteiger charge is -2.25. The van der Waals surface area contributed by atoms with E-state index in [4.69, 9.17) is 4.74 Å². The standard InChI is InChI=1S/C28H23F6NO4/c29-27(30,31)22-6-1-17(2-7-22)14-35-15-21-12-24(10-5-19(21)11-20(26(35)38)13-25(36)37)39-16-18-3-8-23(9-4-18)28(32,33)34/h1-10,12,20H,11,13-16H2,(H,36,37)/p-1/t20-/m0/s1. The first-order chi connectivity index (χ1) is 18.3. The summed E-state index contributed by atoms with van der Waals surface area (Å²) in [7, 11) is 0. The summed E-state index contributed by atoms with van der Waals surface area (Å²) in [5.41, 5.74) is 0.684. The Morgan fingerprint density at radius 2 is 1.41 bits per heavy atom. The first-order valence-corrected chi connectivity index (χ1v) is 11.8. The molecule has 0 aromatic heterocycles. The summed E-state index contributed by atoms with van der Waals surface area (Å²) >= 11 is 0. The summed E-state index contributed by atoms with van der Waals surface area (Å²) in [6.45, 7) is -0.00869. The second-order valence-corrected chi connectivity index (χ2v) is 9.28. The Balaban J connectivity index is 1.54. The van der Waals surface area contributed by atoms with Crippen molar-refractivity contribution in [3.05, 3.63) is 100 Å². The van der Waals surface area contributed by atoms with Crippen LogP contribution >= 0.6 is 0 Å². The van der Waals surface area contributed by atoms with Crippen LogP contribution in [0.25, 0.3) is 0 Å². The van der Waals surface area contributed by atoms with Gasteiger partial charge in [-0.2, -0.15) is 26.3 Å². The number of carbonyl (C=O) groups is 2. The van der Waals surface area contributed by atoms with Crippen molar-refractivity contribution in [3.63, 3.8) is 0 Å². The molecule has 0 saturated heterocycles. The highest BCUT2D eigenvalue weighted by Crippen LogP contribution is 2.32. The minimum absolute atomic E-state index is 0.0154.